The molecule has 0 spiro atoms. The number of hydrogen-bond donors (Lipinski definition) is 2. The highest BCUT2D eigenvalue weighted by molar-refractivity contribution is 7.90. The molecule has 106 valence electrons. The van der Waals surface area contributed by atoms with Crippen LogP contribution < -0.4 is 4.72 Å². The number of benzene rings is 1. The Bertz CT molecular complexity index is 585. The topological polar surface area (TPSA) is 113 Å². The number of nitro groups is 1. The number of nitrogens with zero attached hydrogens (tertiary/aromatic N) is 2. The van der Waals surface area contributed by atoms with Crippen LogP contribution in [0, 0.1) is 10.1 Å². The maximum absolute atomic E-state index is 11.9. The first-order chi connectivity index (χ1) is 8.65. The molecule has 0 saturated heterocycles. The summed E-state index contributed by atoms with van der Waals surface area (Å²) in [7, 11) is -2.43. The minimum Gasteiger partial charge on any atom is -0.505 e. The van der Waals surface area contributed by atoms with Crippen molar-refractivity contribution in [3.05, 3.63) is 28.3 Å². The number of rotatable bonds is 5. The highest BCUT2D eigenvalue weighted by atomic mass is 32.2. The fourth-order valence-electron chi connectivity index (χ4n) is 1.21. The quantitative estimate of drug-likeness (QED) is 0.482. The highest BCUT2D eigenvalue weighted by Crippen LogP contribution is 2.29. The molecule has 9 heteroatoms. The lowest BCUT2D eigenvalue weighted by Gasteiger charge is -2.21. The van der Waals surface area contributed by atoms with Crippen molar-refractivity contribution in [3.8, 4) is 5.75 Å². The van der Waals surface area contributed by atoms with E-state index in [0.717, 1.165) is 22.5 Å². The van der Waals surface area contributed by atoms with Gasteiger partial charge in [0.2, 0.25) is 0 Å². The van der Waals surface area contributed by atoms with Crippen molar-refractivity contribution >= 4 is 21.6 Å². The van der Waals surface area contributed by atoms with Gasteiger partial charge in [-0.3, -0.25) is 14.8 Å². The smallest absolute Gasteiger partial charge is 0.301 e. The third kappa shape index (κ3) is 3.55. The first-order valence-corrected chi connectivity index (χ1v) is 6.82. The second-order valence-electron chi connectivity index (χ2n) is 4.18. The Hall–Kier alpha value is -1.87. The number of nitrogens with one attached hydrogen (secondary N) is 1. The van der Waals surface area contributed by atoms with Crippen LogP contribution in [0.1, 0.15) is 13.8 Å². The molecule has 1 aromatic rings. The minimum absolute atomic E-state index is 0.113. The van der Waals surface area contributed by atoms with Gasteiger partial charge in [-0.15, -0.1) is 0 Å². The SMILES string of the molecule is CC(C)N(C)S(=O)(=O)Nc1ccc([N+](=O)[O-])cc1O. The van der Waals surface area contributed by atoms with Crippen molar-refractivity contribution in [3.63, 3.8) is 0 Å². The molecular formula is C10H15N3O5S. The van der Waals surface area contributed by atoms with Crippen LogP contribution in [-0.4, -0.2) is 35.8 Å². The van der Waals surface area contributed by atoms with Crippen molar-refractivity contribution in [1.29, 1.82) is 0 Å². The Kier molecular flexibility index (Phi) is 4.32. The minimum atomic E-state index is -3.81. The lowest BCUT2D eigenvalue weighted by atomic mass is 10.3. The molecular weight excluding hydrogens is 274 g/mol. The summed E-state index contributed by atoms with van der Waals surface area (Å²) in [5.74, 6) is -0.505. The van der Waals surface area contributed by atoms with E-state index in [9.17, 15) is 23.6 Å². The Morgan fingerprint density at radius 3 is 2.42 bits per heavy atom. The van der Waals surface area contributed by atoms with E-state index in [-0.39, 0.29) is 17.4 Å². The fourth-order valence-corrected chi connectivity index (χ4v) is 2.36. The number of anilines is 1. The van der Waals surface area contributed by atoms with Gasteiger partial charge in [-0.25, -0.2) is 0 Å². The van der Waals surface area contributed by atoms with Gasteiger partial charge in [0, 0.05) is 19.2 Å². The zero-order chi connectivity index (χ0) is 14.8. The Labute approximate surface area is 111 Å². The first kappa shape index (κ1) is 15.2. The molecule has 8 nitrogen and oxygen atoms in total. The molecule has 0 atom stereocenters. The Morgan fingerprint density at radius 1 is 1.42 bits per heavy atom. The fraction of sp³-hybridized carbons (Fsp3) is 0.400. The van der Waals surface area contributed by atoms with Crippen LogP contribution in [0.5, 0.6) is 5.75 Å². The molecule has 0 bridgehead atoms. The second kappa shape index (κ2) is 5.41. The molecule has 19 heavy (non-hydrogen) atoms. The van der Waals surface area contributed by atoms with Crippen LogP contribution in [0.4, 0.5) is 11.4 Å². The average molecular weight is 289 g/mol. The molecule has 0 aliphatic carbocycles. The third-order valence-corrected chi connectivity index (χ3v) is 4.20. The van der Waals surface area contributed by atoms with Crippen molar-refractivity contribution in [2.24, 2.45) is 0 Å². The van der Waals surface area contributed by atoms with Gasteiger partial charge in [0.1, 0.15) is 5.75 Å². The molecule has 0 radical (unpaired) electrons. The number of phenols is 1. The summed E-state index contributed by atoms with van der Waals surface area (Å²) in [6.45, 7) is 3.38. The molecule has 1 rings (SSSR count). The molecule has 1 aromatic carbocycles. The van der Waals surface area contributed by atoms with Gasteiger partial charge in [0.15, 0.2) is 0 Å². The van der Waals surface area contributed by atoms with E-state index >= 15 is 0 Å². The maximum atomic E-state index is 11.9. The summed E-state index contributed by atoms with van der Waals surface area (Å²) in [5, 5.41) is 20.1. The zero-order valence-corrected chi connectivity index (χ0v) is 11.5. The predicted molar refractivity (Wildman–Crippen MR) is 70.2 cm³/mol. The van der Waals surface area contributed by atoms with E-state index < -0.39 is 20.9 Å². The summed E-state index contributed by atoms with van der Waals surface area (Å²) >= 11 is 0. The standard InChI is InChI=1S/C10H15N3O5S/c1-7(2)12(3)19(17,18)11-9-5-4-8(13(15)16)6-10(9)14/h4-7,11,14H,1-3H3. The molecule has 0 aliphatic rings. The highest BCUT2D eigenvalue weighted by Gasteiger charge is 2.22. The number of nitro benzene ring substituents is 1. The van der Waals surface area contributed by atoms with Crippen LogP contribution >= 0.6 is 0 Å². The van der Waals surface area contributed by atoms with E-state index in [1.54, 1.807) is 13.8 Å². The van der Waals surface area contributed by atoms with Gasteiger partial charge in [0.25, 0.3) is 5.69 Å². The molecule has 0 heterocycles. The van der Waals surface area contributed by atoms with Crippen molar-refractivity contribution in [2.45, 2.75) is 19.9 Å². The molecule has 0 saturated carbocycles. The number of non-ortho nitro benzene ring substituents is 1. The van der Waals surface area contributed by atoms with Crippen LogP contribution in [0.15, 0.2) is 18.2 Å². The summed E-state index contributed by atoms with van der Waals surface area (Å²) < 4.78 is 27.0. The number of phenolic OH excluding ortho intramolecular Hbond substituents is 1. The number of hydrogen-bond acceptors (Lipinski definition) is 5. The Balaban J connectivity index is 3.04. The van der Waals surface area contributed by atoms with Gasteiger partial charge in [-0.05, 0) is 19.9 Å². The van der Waals surface area contributed by atoms with Gasteiger partial charge >= 0.3 is 10.2 Å². The maximum Gasteiger partial charge on any atom is 0.301 e. The lowest BCUT2D eigenvalue weighted by molar-refractivity contribution is -0.384. The Morgan fingerprint density at radius 2 is 2.00 bits per heavy atom. The molecule has 0 aromatic heterocycles. The predicted octanol–water partition coefficient (Wildman–Crippen LogP) is 1.30. The summed E-state index contributed by atoms with van der Waals surface area (Å²) in [4.78, 5) is 9.81. The zero-order valence-electron chi connectivity index (χ0n) is 10.7. The first-order valence-electron chi connectivity index (χ1n) is 5.38. The normalized spacial score (nSPS) is 11.8. The van der Waals surface area contributed by atoms with E-state index in [2.05, 4.69) is 4.72 Å². The van der Waals surface area contributed by atoms with E-state index in [0.29, 0.717) is 0 Å². The summed E-state index contributed by atoms with van der Waals surface area (Å²) in [6.07, 6.45) is 0. The van der Waals surface area contributed by atoms with Crippen molar-refractivity contribution in [2.75, 3.05) is 11.8 Å². The molecule has 0 fully saturated rings. The average Bonchev–Trinajstić information content (AvgIpc) is 2.30. The summed E-state index contributed by atoms with van der Waals surface area (Å²) in [5.41, 5.74) is -0.434. The van der Waals surface area contributed by atoms with Crippen LogP contribution in [-0.2, 0) is 10.2 Å². The van der Waals surface area contributed by atoms with Crippen molar-refractivity contribution < 1.29 is 18.4 Å². The van der Waals surface area contributed by atoms with Gasteiger partial charge in [-0.2, -0.15) is 12.7 Å². The van der Waals surface area contributed by atoms with Gasteiger partial charge < -0.3 is 5.11 Å². The molecule has 0 aliphatic heterocycles. The largest absolute Gasteiger partial charge is 0.505 e. The van der Waals surface area contributed by atoms with Crippen LogP contribution in [0.3, 0.4) is 0 Å². The monoisotopic (exact) mass is 289 g/mol. The number of aromatic hydroxyl groups is 1. The van der Waals surface area contributed by atoms with E-state index in [1.807, 2.05) is 0 Å². The van der Waals surface area contributed by atoms with Crippen molar-refractivity contribution in [1.82, 2.24) is 4.31 Å². The van der Waals surface area contributed by atoms with Gasteiger partial charge in [0.05, 0.1) is 16.7 Å². The summed E-state index contributed by atoms with van der Waals surface area (Å²) in [6, 6.07) is 2.86. The van der Waals surface area contributed by atoms with Gasteiger partial charge in [-0.1, -0.05) is 0 Å². The lowest BCUT2D eigenvalue weighted by Crippen LogP contribution is -2.37. The molecule has 0 amide bonds. The second-order valence-corrected chi connectivity index (χ2v) is 5.91. The van der Waals surface area contributed by atoms with E-state index in [4.69, 9.17) is 0 Å². The van der Waals surface area contributed by atoms with Crippen LogP contribution in [0.25, 0.3) is 0 Å². The van der Waals surface area contributed by atoms with Crippen LogP contribution in [0.2, 0.25) is 0 Å². The molecule has 2 N–H and O–H groups in total. The van der Waals surface area contributed by atoms with E-state index in [1.165, 1.54) is 7.05 Å². The molecule has 0 unspecified atom stereocenters. The third-order valence-electron chi connectivity index (χ3n) is 2.54.